The number of hydrogen-bond acceptors (Lipinski definition) is 2. The van der Waals surface area contributed by atoms with Crippen LogP contribution in [0.4, 0.5) is 0 Å². The van der Waals surface area contributed by atoms with E-state index in [1.54, 1.807) is 0 Å². The molecule has 0 amide bonds. The molecule has 2 nitrogen and oxygen atoms in total. The molecule has 0 saturated heterocycles. The van der Waals surface area contributed by atoms with Gasteiger partial charge in [0.25, 0.3) is 0 Å². The first-order valence-corrected chi connectivity index (χ1v) is 5.89. The molecule has 14 heavy (non-hydrogen) atoms. The number of nitrogens with one attached hydrogen (secondary N) is 1. The maximum atomic E-state index is 5.62. The van der Waals surface area contributed by atoms with Gasteiger partial charge in [-0.2, -0.15) is 0 Å². The molecule has 0 aliphatic carbocycles. The van der Waals surface area contributed by atoms with Crippen molar-refractivity contribution in [3.8, 4) is 0 Å². The Bertz CT molecular complexity index is 115. The fraction of sp³-hybridized carbons (Fsp3) is 1.00. The Morgan fingerprint density at radius 2 is 1.86 bits per heavy atom. The summed E-state index contributed by atoms with van der Waals surface area (Å²) in [7, 11) is 2.00. The molecule has 0 heterocycles. The largest absolute Gasteiger partial charge is 0.381 e. The molecule has 0 rings (SSSR count). The lowest BCUT2D eigenvalue weighted by Crippen LogP contribution is -2.12. The van der Waals surface area contributed by atoms with E-state index in [4.69, 9.17) is 4.74 Å². The van der Waals surface area contributed by atoms with E-state index in [2.05, 4.69) is 26.1 Å². The highest BCUT2D eigenvalue weighted by Gasteiger charge is 2.02. The fourth-order valence-electron chi connectivity index (χ4n) is 1.31. The zero-order valence-corrected chi connectivity index (χ0v) is 10.3. The van der Waals surface area contributed by atoms with Crippen LogP contribution < -0.4 is 5.32 Å². The minimum atomic E-state index is 0.704. The van der Waals surface area contributed by atoms with E-state index in [9.17, 15) is 0 Å². The van der Waals surface area contributed by atoms with E-state index in [0.717, 1.165) is 25.7 Å². The summed E-state index contributed by atoms with van der Waals surface area (Å²) in [4.78, 5) is 0. The summed E-state index contributed by atoms with van der Waals surface area (Å²) < 4.78 is 5.62. The molecule has 2 heteroatoms. The van der Waals surface area contributed by atoms with Crippen molar-refractivity contribution in [1.29, 1.82) is 0 Å². The van der Waals surface area contributed by atoms with Crippen molar-refractivity contribution in [2.75, 3.05) is 26.8 Å². The molecule has 1 atom stereocenters. The van der Waals surface area contributed by atoms with Crippen LogP contribution in [0.2, 0.25) is 0 Å². The van der Waals surface area contributed by atoms with E-state index in [-0.39, 0.29) is 0 Å². The lowest BCUT2D eigenvalue weighted by atomic mass is 10.1. The number of ether oxygens (including phenoxy) is 1. The van der Waals surface area contributed by atoms with Gasteiger partial charge in [-0.15, -0.1) is 0 Å². The van der Waals surface area contributed by atoms with Crippen LogP contribution in [0.25, 0.3) is 0 Å². The molecule has 0 aromatic rings. The molecule has 0 aliphatic rings. The smallest absolute Gasteiger partial charge is 0.0491 e. The van der Waals surface area contributed by atoms with Crippen LogP contribution in [-0.2, 0) is 4.74 Å². The van der Waals surface area contributed by atoms with Crippen LogP contribution in [0.5, 0.6) is 0 Å². The molecular weight excluding hydrogens is 174 g/mol. The third-order valence-electron chi connectivity index (χ3n) is 2.37. The molecule has 0 aliphatic heterocycles. The molecule has 0 aromatic heterocycles. The van der Waals surface area contributed by atoms with Crippen LogP contribution >= 0.6 is 0 Å². The third-order valence-corrected chi connectivity index (χ3v) is 2.37. The van der Waals surface area contributed by atoms with Crippen molar-refractivity contribution in [2.45, 2.75) is 40.0 Å². The van der Waals surface area contributed by atoms with Gasteiger partial charge in [0.2, 0.25) is 0 Å². The summed E-state index contributed by atoms with van der Waals surface area (Å²) in [6.07, 6.45) is 3.71. The standard InChI is InChI=1S/C12H27NO/c1-11(2)7-9-14-10-12(3)6-5-8-13-4/h11-13H,5-10H2,1-4H3. The van der Waals surface area contributed by atoms with E-state index in [1.165, 1.54) is 19.3 Å². The fourth-order valence-corrected chi connectivity index (χ4v) is 1.31. The van der Waals surface area contributed by atoms with Crippen LogP contribution in [0.15, 0.2) is 0 Å². The molecule has 0 radical (unpaired) electrons. The van der Waals surface area contributed by atoms with E-state index in [0.29, 0.717) is 5.92 Å². The molecule has 0 spiro atoms. The second-order valence-electron chi connectivity index (χ2n) is 4.61. The molecule has 0 aromatic carbocycles. The van der Waals surface area contributed by atoms with Crippen molar-refractivity contribution in [2.24, 2.45) is 11.8 Å². The predicted molar refractivity (Wildman–Crippen MR) is 62.6 cm³/mol. The van der Waals surface area contributed by atoms with Crippen LogP contribution in [-0.4, -0.2) is 26.8 Å². The molecule has 1 unspecified atom stereocenters. The van der Waals surface area contributed by atoms with Gasteiger partial charge in [0.15, 0.2) is 0 Å². The van der Waals surface area contributed by atoms with Crippen LogP contribution in [0, 0.1) is 11.8 Å². The van der Waals surface area contributed by atoms with Crippen molar-refractivity contribution in [1.82, 2.24) is 5.32 Å². The molecule has 0 saturated carbocycles. The average molecular weight is 201 g/mol. The summed E-state index contributed by atoms with van der Waals surface area (Å²) >= 11 is 0. The quantitative estimate of drug-likeness (QED) is 0.579. The van der Waals surface area contributed by atoms with Crippen molar-refractivity contribution in [3.63, 3.8) is 0 Å². The monoisotopic (exact) mass is 201 g/mol. The summed E-state index contributed by atoms with van der Waals surface area (Å²) in [6.45, 7) is 9.71. The summed E-state index contributed by atoms with van der Waals surface area (Å²) in [5.74, 6) is 1.46. The Morgan fingerprint density at radius 1 is 1.14 bits per heavy atom. The lowest BCUT2D eigenvalue weighted by molar-refractivity contribution is 0.0930. The van der Waals surface area contributed by atoms with Gasteiger partial charge in [-0.1, -0.05) is 20.8 Å². The third kappa shape index (κ3) is 10.0. The Kier molecular flexibility index (Phi) is 9.42. The van der Waals surface area contributed by atoms with E-state index < -0.39 is 0 Å². The lowest BCUT2D eigenvalue weighted by Gasteiger charge is -2.12. The van der Waals surface area contributed by atoms with Gasteiger partial charge in [0.05, 0.1) is 0 Å². The van der Waals surface area contributed by atoms with E-state index >= 15 is 0 Å². The molecular formula is C12H27NO. The SMILES string of the molecule is CNCCCC(C)COCCC(C)C. The maximum Gasteiger partial charge on any atom is 0.0491 e. The Hall–Kier alpha value is -0.0800. The van der Waals surface area contributed by atoms with Crippen molar-refractivity contribution in [3.05, 3.63) is 0 Å². The highest BCUT2D eigenvalue weighted by Crippen LogP contribution is 2.06. The van der Waals surface area contributed by atoms with Gasteiger partial charge in [0, 0.05) is 13.2 Å². The van der Waals surface area contributed by atoms with Gasteiger partial charge in [0.1, 0.15) is 0 Å². The van der Waals surface area contributed by atoms with Crippen LogP contribution in [0.1, 0.15) is 40.0 Å². The molecule has 0 bridgehead atoms. The average Bonchev–Trinajstić information content (AvgIpc) is 2.13. The highest BCUT2D eigenvalue weighted by molar-refractivity contribution is 4.53. The minimum absolute atomic E-state index is 0.704. The zero-order valence-electron chi connectivity index (χ0n) is 10.3. The van der Waals surface area contributed by atoms with E-state index in [1.807, 2.05) is 7.05 Å². The normalized spacial score (nSPS) is 13.5. The maximum absolute atomic E-state index is 5.62. The predicted octanol–water partition coefficient (Wildman–Crippen LogP) is 2.68. The first-order chi connectivity index (χ1) is 6.66. The molecule has 0 fully saturated rings. The topological polar surface area (TPSA) is 21.3 Å². The zero-order chi connectivity index (χ0) is 10.8. The Labute approximate surface area is 89.4 Å². The Morgan fingerprint density at radius 3 is 2.43 bits per heavy atom. The van der Waals surface area contributed by atoms with Gasteiger partial charge in [-0.05, 0) is 44.7 Å². The van der Waals surface area contributed by atoms with Gasteiger partial charge >= 0.3 is 0 Å². The molecule has 86 valence electrons. The first-order valence-electron chi connectivity index (χ1n) is 5.89. The Balaban J connectivity index is 3.14. The number of hydrogen-bond donors (Lipinski definition) is 1. The second kappa shape index (κ2) is 9.47. The summed E-state index contributed by atoms with van der Waals surface area (Å²) in [5.41, 5.74) is 0. The van der Waals surface area contributed by atoms with Crippen molar-refractivity contribution >= 4 is 0 Å². The molecule has 1 N–H and O–H groups in total. The van der Waals surface area contributed by atoms with Gasteiger partial charge < -0.3 is 10.1 Å². The summed E-state index contributed by atoms with van der Waals surface area (Å²) in [6, 6.07) is 0. The number of rotatable bonds is 9. The van der Waals surface area contributed by atoms with Gasteiger partial charge in [-0.3, -0.25) is 0 Å². The highest BCUT2D eigenvalue weighted by atomic mass is 16.5. The minimum Gasteiger partial charge on any atom is -0.381 e. The van der Waals surface area contributed by atoms with Crippen molar-refractivity contribution < 1.29 is 4.74 Å². The van der Waals surface area contributed by atoms with Crippen LogP contribution in [0.3, 0.4) is 0 Å². The summed E-state index contributed by atoms with van der Waals surface area (Å²) in [5, 5.41) is 3.16. The first kappa shape index (κ1) is 13.9. The van der Waals surface area contributed by atoms with Gasteiger partial charge in [-0.25, -0.2) is 0 Å². The second-order valence-corrected chi connectivity index (χ2v) is 4.61.